The third-order valence-corrected chi connectivity index (χ3v) is 5.37. The van der Waals surface area contributed by atoms with Gasteiger partial charge in [0.15, 0.2) is 0 Å². The lowest BCUT2D eigenvalue weighted by Crippen LogP contribution is -2.53. The van der Waals surface area contributed by atoms with Gasteiger partial charge in [0.1, 0.15) is 6.04 Å². The maximum absolute atomic E-state index is 13.1. The summed E-state index contributed by atoms with van der Waals surface area (Å²) in [6.07, 6.45) is 3.35. The Kier molecular flexibility index (Phi) is 7.07. The third kappa shape index (κ3) is 4.77. The molecule has 1 aromatic rings. The van der Waals surface area contributed by atoms with Crippen LogP contribution in [-0.4, -0.2) is 47.9 Å². The van der Waals surface area contributed by atoms with Crippen molar-refractivity contribution in [2.24, 2.45) is 5.92 Å². The fourth-order valence-electron chi connectivity index (χ4n) is 3.78. The molecule has 26 heavy (non-hydrogen) atoms. The maximum Gasteiger partial charge on any atom is 0.251 e. The lowest BCUT2D eigenvalue weighted by atomic mass is 10.0. The number of amides is 2. The Labute approximate surface area is 162 Å². The van der Waals surface area contributed by atoms with Crippen LogP contribution >= 0.6 is 12.4 Å². The van der Waals surface area contributed by atoms with Gasteiger partial charge in [0, 0.05) is 30.7 Å². The van der Waals surface area contributed by atoms with Crippen LogP contribution in [0.15, 0.2) is 24.3 Å². The number of carbonyl (C=O) groups excluding carboxylic acids is 2. The number of hydrogen-bond donors (Lipinski definition) is 2. The Morgan fingerprint density at radius 1 is 1.12 bits per heavy atom. The standard InChI is InChI=1S/C20H29N3O2.ClH/c1-13(2)18(22-19(24)15-6-4-14(3)5-7-15)20(25)23-11-10-16-8-9-17(12-23)21-16;/h4-7,13,16-18,21H,8-12H2,1-3H3,(H,22,24);1H. The molecular formula is C20H30ClN3O2. The second-order valence-electron chi connectivity index (χ2n) is 7.77. The fraction of sp³-hybridized carbons (Fsp3) is 0.600. The highest BCUT2D eigenvalue weighted by Gasteiger charge is 2.35. The molecule has 3 atom stereocenters. The van der Waals surface area contributed by atoms with Gasteiger partial charge in [-0.05, 0) is 44.2 Å². The summed E-state index contributed by atoms with van der Waals surface area (Å²) in [5.74, 6) is -0.0818. The Bertz CT molecular complexity index is 632. The van der Waals surface area contributed by atoms with Gasteiger partial charge in [0.05, 0.1) is 0 Å². The molecule has 2 aliphatic rings. The van der Waals surface area contributed by atoms with E-state index in [1.165, 1.54) is 6.42 Å². The Balaban J connectivity index is 0.00000243. The van der Waals surface area contributed by atoms with E-state index in [9.17, 15) is 9.59 Å². The van der Waals surface area contributed by atoms with Gasteiger partial charge in [-0.3, -0.25) is 9.59 Å². The number of carbonyl (C=O) groups is 2. The number of nitrogens with zero attached hydrogens (tertiary/aromatic N) is 1. The van der Waals surface area contributed by atoms with Crippen LogP contribution in [-0.2, 0) is 4.79 Å². The van der Waals surface area contributed by atoms with Gasteiger partial charge in [-0.25, -0.2) is 0 Å². The minimum absolute atomic E-state index is 0. The van der Waals surface area contributed by atoms with Crippen LogP contribution in [0.25, 0.3) is 0 Å². The molecule has 2 aliphatic heterocycles. The number of nitrogens with one attached hydrogen (secondary N) is 2. The molecule has 2 N–H and O–H groups in total. The lowest BCUT2D eigenvalue weighted by Gasteiger charge is -2.30. The second kappa shape index (κ2) is 8.87. The van der Waals surface area contributed by atoms with E-state index in [2.05, 4.69) is 10.6 Å². The van der Waals surface area contributed by atoms with Gasteiger partial charge < -0.3 is 15.5 Å². The van der Waals surface area contributed by atoms with Crippen LogP contribution in [0.2, 0.25) is 0 Å². The number of aryl methyl sites for hydroxylation is 1. The van der Waals surface area contributed by atoms with Gasteiger partial charge in [0.2, 0.25) is 5.91 Å². The van der Waals surface area contributed by atoms with Crippen molar-refractivity contribution in [1.29, 1.82) is 0 Å². The molecule has 0 spiro atoms. The first-order valence-corrected chi connectivity index (χ1v) is 9.36. The van der Waals surface area contributed by atoms with E-state index < -0.39 is 6.04 Å². The molecule has 2 heterocycles. The van der Waals surface area contributed by atoms with Crippen molar-refractivity contribution in [2.45, 2.75) is 58.2 Å². The van der Waals surface area contributed by atoms with Crippen molar-refractivity contribution in [2.75, 3.05) is 13.1 Å². The molecule has 3 rings (SSSR count). The summed E-state index contributed by atoms with van der Waals surface area (Å²) in [6, 6.07) is 7.91. The SMILES string of the molecule is Cc1ccc(C(=O)NC(C(=O)N2CCC3CCC(C2)N3)C(C)C)cc1.Cl. The van der Waals surface area contributed by atoms with Crippen molar-refractivity contribution in [3.63, 3.8) is 0 Å². The Morgan fingerprint density at radius 3 is 2.42 bits per heavy atom. The minimum Gasteiger partial charge on any atom is -0.340 e. The van der Waals surface area contributed by atoms with Crippen LogP contribution in [0.1, 0.15) is 49.0 Å². The second-order valence-corrected chi connectivity index (χ2v) is 7.77. The summed E-state index contributed by atoms with van der Waals surface area (Å²) in [5, 5.41) is 6.56. The maximum atomic E-state index is 13.1. The molecule has 2 saturated heterocycles. The number of fused-ring (bicyclic) bond motifs is 2. The summed E-state index contributed by atoms with van der Waals surface area (Å²) >= 11 is 0. The smallest absolute Gasteiger partial charge is 0.251 e. The largest absolute Gasteiger partial charge is 0.340 e. The van der Waals surface area contributed by atoms with E-state index in [1.807, 2.05) is 37.8 Å². The van der Waals surface area contributed by atoms with E-state index in [1.54, 1.807) is 12.1 Å². The molecule has 0 saturated carbocycles. The predicted molar refractivity (Wildman–Crippen MR) is 106 cm³/mol. The predicted octanol–water partition coefficient (Wildman–Crippen LogP) is 2.52. The van der Waals surface area contributed by atoms with Crippen molar-refractivity contribution < 1.29 is 9.59 Å². The summed E-state index contributed by atoms with van der Waals surface area (Å²) in [5.41, 5.74) is 1.71. The summed E-state index contributed by atoms with van der Waals surface area (Å²) in [7, 11) is 0. The van der Waals surface area contributed by atoms with Crippen molar-refractivity contribution in [1.82, 2.24) is 15.5 Å². The van der Waals surface area contributed by atoms with Gasteiger partial charge in [0.25, 0.3) is 5.91 Å². The van der Waals surface area contributed by atoms with Gasteiger partial charge in [-0.1, -0.05) is 31.5 Å². The first-order valence-electron chi connectivity index (χ1n) is 9.36. The van der Waals surface area contributed by atoms with E-state index >= 15 is 0 Å². The highest BCUT2D eigenvalue weighted by molar-refractivity contribution is 5.97. The van der Waals surface area contributed by atoms with Crippen LogP contribution < -0.4 is 10.6 Å². The minimum atomic E-state index is -0.481. The molecule has 2 amide bonds. The monoisotopic (exact) mass is 379 g/mol. The molecule has 6 heteroatoms. The first kappa shape index (κ1) is 20.7. The van der Waals surface area contributed by atoms with E-state index in [0.717, 1.165) is 31.5 Å². The fourth-order valence-corrected chi connectivity index (χ4v) is 3.78. The average Bonchev–Trinajstić information content (AvgIpc) is 2.91. The highest BCUT2D eigenvalue weighted by atomic mass is 35.5. The van der Waals surface area contributed by atoms with Gasteiger partial charge in [-0.2, -0.15) is 0 Å². The lowest BCUT2D eigenvalue weighted by molar-refractivity contribution is -0.134. The Hall–Kier alpha value is -1.59. The zero-order valence-corrected chi connectivity index (χ0v) is 16.6. The van der Waals surface area contributed by atoms with Crippen molar-refractivity contribution >= 4 is 24.2 Å². The Morgan fingerprint density at radius 2 is 1.77 bits per heavy atom. The molecular weight excluding hydrogens is 350 g/mol. The van der Waals surface area contributed by atoms with Crippen LogP contribution in [0.3, 0.4) is 0 Å². The summed E-state index contributed by atoms with van der Waals surface area (Å²) < 4.78 is 0. The number of benzene rings is 1. The zero-order chi connectivity index (χ0) is 18.0. The van der Waals surface area contributed by atoms with E-state index in [4.69, 9.17) is 0 Å². The number of hydrogen-bond acceptors (Lipinski definition) is 3. The summed E-state index contributed by atoms with van der Waals surface area (Å²) in [4.78, 5) is 27.6. The zero-order valence-electron chi connectivity index (χ0n) is 15.8. The number of rotatable bonds is 4. The molecule has 2 fully saturated rings. The van der Waals surface area contributed by atoms with E-state index in [0.29, 0.717) is 17.6 Å². The molecule has 1 aromatic carbocycles. The van der Waals surface area contributed by atoms with E-state index in [-0.39, 0.29) is 30.1 Å². The van der Waals surface area contributed by atoms with Gasteiger partial charge >= 0.3 is 0 Å². The van der Waals surface area contributed by atoms with Crippen LogP contribution in [0, 0.1) is 12.8 Å². The third-order valence-electron chi connectivity index (χ3n) is 5.37. The molecule has 3 unspecified atom stereocenters. The van der Waals surface area contributed by atoms with Crippen LogP contribution in [0.4, 0.5) is 0 Å². The highest BCUT2D eigenvalue weighted by Crippen LogP contribution is 2.21. The number of halogens is 1. The molecule has 144 valence electrons. The van der Waals surface area contributed by atoms with Crippen molar-refractivity contribution in [3.05, 3.63) is 35.4 Å². The summed E-state index contributed by atoms with van der Waals surface area (Å²) in [6.45, 7) is 7.49. The average molecular weight is 380 g/mol. The van der Waals surface area contributed by atoms with Gasteiger partial charge in [-0.15, -0.1) is 12.4 Å². The topological polar surface area (TPSA) is 61.4 Å². The normalized spacial score (nSPS) is 23.2. The van der Waals surface area contributed by atoms with Crippen LogP contribution in [0.5, 0.6) is 0 Å². The molecule has 0 aliphatic carbocycles. The van der Waals surface area contributed by atoms with Crippen molar-refractivity contribution in [3.8, 4) is 0 Å². The molecule has 5 nitrogen and oxygen atoms in total. The number of likely N-dealkylation sites (tertiary alicyclic amines) is 1. The molecule has 0 aromatic heterocycles. The first-order chi connectivity index (χ1) is 11.9. The quantitative estimate of drug-likeness (QED) is 0.845. The molecule has 0 radical (unpaired) electrons. The molecule has 2 bridgehead atoms.